The van der Waals surface area contributed by atoms with E-state index in [9.17, 15) is 4.79 Å². The molecule has 0 saturated carbocycles. The maximum atomic E-state index is 11.3. The molecule has 0 atom stereocenters. The molecule has 19 heavy (non-hydrogen) atoms. The quantitative estimate of drug-likeness (QED) is 0.798. The Kier molecular flexibility index (Phi) is 5.35. The Labute approximate surface area is 120 Å². The SMILES string of the molecule is CCOC(=O)Cc1csc(NCCc2cccs2)n1. The number of rotatable bonds is 7. The molecule has 6 heteroatoms. The van der Waals surface area contributed by atoms with Gasteiger partial charge in [0.1, 0.15) is 0 Å². The highest BCUT2D eigenvalue weighted by Crippen LogP contribution is 2.16. The monoisotopic (exact) mass is 296 g/mol. The van der Waals surface area contributed by atoms with E-state index in [1.165, 1.54) is 16.2 Å². The van der Waals surface area contributed by atoms with Crippen molar-refractivity contribution in [3.63, 3.8) is 0 Å². The van der Waals surface area contributed by atoms with Crippen LogP contribution in [0, 0.1) is 0 Å². The van der Waals surface area contributed by atoms with Crippen LogP contribution in [-0.2, 0) is 22.4 Å². The summed E-state index contributed by atoms with van der Waals surface area (Å²) in [4.78, 5) is 17.0. The molecule has 2 rings (SSSR count). The summed E-state index contributed by atoms with van der Waals surface area (Å²) in [5.74, 6) is -0.224. The van der Waals surface area contributed by atoms with Gasteiger partial charge in [-0.3, -0.25) is 4.79 Å². The fraction of sp³-hybridized carbons (Fsp3) is 0.385. The summed E-state index contributed by atoms with van der Waals surface area (Å²) < 4.78 is 4.89. The van der Waals surface area contributed by atoms with E-state index in [4.69, 9.17) is 4.74 Å². The first kappa shape index (κ1) is 14.0. The molecule has 0 unspecified atom stereocenters. The summed E-state index contributed by atoms with van der Waals surface area (Å²) in [5.41, 5.74) is 0.766. The van der Waals surface area contributed by atoms with Crippen molar-refractivity contribution in [2.45, 2.75) is 19.8 Å². The van der Waals surface area contributed by atoms with Crippen molar-refractivity contribution in [3.05, 3.63) is 33.5 Å². The van der Waals surface area contributed by atoms with Crippen LogP contribution in [0.25, 0.3) is 0 Å². The number of aromatic nitrogens is 1. The lowest BCUT2D eigenvalue weighted by Crippen LogP contribution is -2.08. The molecular weight excluding hydrogens is 280 g/mol. The fourth-order valence-electron chi connectivity index (χ4n) is 1.58. The standard InChI is InChI=1S/C13H16N2O2S2/c1-2-17-12(16)8-10-9-19-13(15-10)14-6-5-11-4-3-7-18-11/h3-4,7,9H,2,5-6,8H2,1H3,(H,14,15). The van der Waals surface area contributed by atoms with Gasteiger partial charge in [-0.1, -0.05) is 6.07 Å². The molecule has 0 aliphatic rings. The smallest absolute Gasteiger partial charge is 0.311 e. The number of carbonyl (C=O) groups is 1. The highest BCUT2D eigenvalue weighted by molar-refractivity contribution is 7.13. The van der Waals surface area contributed by atoms with Crippen molar-refractivity contribution in [1.29, 1.82) is 0 Å². The van der Waals surface area contributed by atoms with E-state index in [0.29, 0.717) is 6.61 Å². The number of anilines is 1. The van der Waals surface area contributed by atoms with Crippen LogP contribution in [0.3, 0.4) is 0 Å². The molecule has 0 bridgehead atoms. The predicted octanol–water partition coefficient (Wildman–Crippen LogP) is 2.96. The van der Waals surface area contributed by atoms with Crippen LogP contribution in [0.4, 0.5) is 5.13 Å². The lowest BCUT2D eigenvalue weighted by atomic mass is 10.3. The lowest BCUT2D eigenvalue weighted by Gasteiger charge is -2.00. The number of thiazole rings is 1. The third-order valence-corrected chi connectivity index (χ3v) is 4.20. The number of hydrogen-bond donors (Lipinski definition) is 1. The van der Waals surface area contributed by atoms with Crippen LogP contribution in [0.1, 0.15) is 17.5 Å². The largest absolute Gasteiger partial charge is 0.466 e. The molecule has 2 heterocycles. The minimum Gasteiger partial charge on any atom is -0.466 e. The molecule has 0 fully saturated rings. The number of nitrogens with zero attached hydrogens (tertiary/aromatic N) is 1. The Morgan fingerprint density at radius 2 is 2.37 bits per heavy atom. The van der Waals surface area contributed by atoms with Crippen molar-refractivity contribution in [2.75, 3.05) is 18.5 Å². The molecule has 0 aliphatic heterocycles. The second kappa shape index (κ2) is 7.25. The highest BCUT2D eigenvalue weighted by atomic mass is 32.1. The maximum absolute atomic E-state index is 11.3. The van der Waals surface area contributed by atoms with E-state index in [1.807, 2.05) is 5.38 Å². The zero-order chi connectivity index (χ0) is 13.5. The molecular formula is C13H16N2O2S2. The molecule has 4 nitrogen and oxygen atoms in total. The third-order valence-electron chi connectivity index (χ3n) is 2.41. The molecule has 0 saturated heterocycles. The van der Waals surface area contributed by atoms with E-state index in [-0.39, 0.29) is 12.4 Å². The van der Waals surface area contributed by atoms with Gasteiger partial charge in [-0.15, -0.1) is 22.7 Å². The number of carbonyl (C=O) groups excluding carboxylic acids is 1. The van der Waals surface area contributed by atoms with Gasteiger partial charge in [0.25, 0.3) is 0 Å². The Morgan fingerprint density at radius 1 is 1.47 bits per heavy atom. The first-order valence-corrected chi connectivity index (χ1v) is 7.90. The summed E-state index contributed by atoms with van der Waals surface area (Å²) in [5, 5.41) is 8.10. The molecule has 2 aromatic rings. The minimum atomic E-state index is -0.224. The first-order chi connectivity index (χ1) is 9.28. The van der Waals surface area contributed by atoms with E-state index >= 15 is 0 Å². The second-order valence-electron chi connectivity index (χ2n) is 3.88. The number of thiophene rings is 1. The fourth-order valence-corrected chi connectivity index (χ4v) is 3.02. The number of hydrogen-bond acceptors (Lipinski definition) is 6. The van der Waals surface area contributed by atoms with Gasteiger partial charge in [-0.2, -0.15) is 0 Å². The Morgan fingerprint density at radius 3 is 3.11 bits per heavy atom. The van der Waals surface area contributed by atoms with Crippen molar-refractivity contribution in [2.24, 2.45) is 0 Å². The molecule has 2 aromatic heterocycles. The van der Waals surface area contributed by atoms with E-state index < -0.39 is 0 Å². The Bertz CT molecular complexity index is 508. The number of nitrogens with one attached hydrogen (secondary N) is 1. The zero-order valence-corrected chi connectivity index (χ0v) is 12.4. The molecule has 0 spiro atoms. The van der Waals surface area contributed by atoms with Gasteiger partial charge in [0, 0.05) is 16.8 Å². The molecule has 0 radical (unpaired) electrons. The van der Waals surface area contributed by atoms with E-state index in [1.54, 1.807) is 18.3 Å². The van der Waals surface area contributed by atoms with Crippen molar-refractivity contribution >= 4 is 33.8 Å². The average Bonchev–Trinajstić information content (AvgIpc) is 3.01. The van der Waals surface area contributed by atoms with Crippen LogP contribution in [0.5, 0.6) is 0 Å². The summed E-state index contributed by atoms with van der Waals surface area (Å²) >= 11 is 3.28. The number of ether oxygens (including phenoxy) is 1. The van der Waals surface area contributed by atoms with Crippen molar-refractivity contribution < 1.29 is 9.53 Å². The molecule has 102 valence electrons. The molecule has 0 aliphatic carbocycles. The van der Waals surface area contributed by atoms with Crippen LogP contribution in [0.2, 0.25) is 0 Å². The van der Waals surface area contributed by atoms with Crippen molar-refractivity contribution in [3.8, 4) is 0 Å². The van der Waals surface area contributed by atoms with Gasteiger partial charge >= 0.3 is 5.97 Å². The summed E-state index contributed by atoms with van der Waals surface area (Å²) in [7, 11) is 0. The van der Waals surface area contributed by atoms with Gasteiger partial charge in [0.15, 0.2) is 5.13 Å². The van der Waals surface area contributed by atoms with Crippen LogP contribution in [-0.4, -0.2) is 24.1 Å². The summed E-state index contributed by atoms with van der Waals surface area (Å²) in [6.07, 6.45) is 1.24. The van der Waals surface area contributed by atoms with Crippen molar-refractivity contribution in [1.82, 2.24) is 4.98 Å². The summed E-state index contributed by atoms with van der Waals surface area (Å²) in [6, 6.07) is 4.18. The van der Waals surface area contributed by atoms with E-state index in [0.717, 1.165) is 23.8 Å². The van der Waals surface area contributed by atoms with Gasteiger partial charge < -0.3 is 10.1 Å². The van der Waals surface area contributed by atoms with Crippen LogP contribution < -0.4 is 5.32 Å². The van der Waals surface area contributed by atoms with Gasteiger partial charge in [-0.05, 0) is 24.8 Å². The maximum Gasteiger partial charge on any atom is 0.311 e. The van der Waals surface area contributed by atoms with Crippen LogP contribution >= 0.6 is 22.7 Å². The highest BCUT2D eigenvalue weighted by Gasteiger charge is 2.08. The molecule has 1 N–H and O–H groups in total. The second-order valence-corrected chi connectivity index (χ2v) is 5.77. The predicted molar refractivity (Wildman–Crippen MR) is 79.0 cm³/mol. The number of esters is 1. The first-order valence-electron chi connectivity index (χ1n) is 6.14. The minimum absolute atomic E-state index is 0.224. The average molecular weight is 296 g/mol. The van der Waals surface area contributed by atoms with Crippen LogP contribution in [0.15, 0.2) is 22.9 Å². The zero-order valence-electron chi connectivity index (χ0n) is 10.7. The molecule has 0 aromatic carbocycles. The van der Waals surface area contributed by atoms with Gasteiger partial charge in [-0.25, -0.2) is 4.98 Å². The Hall–Kier alpha value is -1.40. The molecule has 0 amide bonds. The van der Waals surface area contributed by atoms with Gasteiger partial charge in [0.05, 0.1) is 18.7 Å². The van der Waals surface area contributed by atoms with Gasteiger partial charge in [0.2, 0.25) is 0 Å². The lowest BCUT2D eigenvalue weighted by molar-refractivity contribution is -0.142. The normalized spacial score (nSPS) is 10.4. The Balaban J connectivity index is 1.75. The topological polar surface area (TPSA) is 51.2 Å². The summed E-state index contributed by atoms with van der Waals surface area (Å²) in [6.45, 7) is 3.07. The third kappa shape index (κ3) is 4.65. The van der Waals surface area contributed by atoms with E-state index in [2.05, 4.69) is 27.8 Å².